The maximum absolute atomic E-state index is 12.4. The number of carbonyl (C=O) groups is 1. The van der Waals surface area contributed by atoms with E-state index in [0.717, 1.165) is 62.0 Å². The van der Waals surface area contributed by atoms with Crippen molar-refractivity contribution in [1.82, 2.24) is 20.2 Å². The molecule has 1 saturated carbocycles. The summed E-state index contributed by atoms with van der Waals surface area (Å²) in [7, 11) is 0. The predicted octanol–water partition coefficient (Wildman–Crippen LogP) is 2.61. The van der Waals surface area contributed by atoms with Crippen LogP contribution in [0.25, 0.3) is 10.2 Å². The molecule has 0 spiro atoms. The molecule has 2 aromatic heterocycles. The summed E-state index contributed by atoms with van der Waals surface area (Å²) in [5, 5.41) is 4.43. The highest BCUT2D eigenvalue weighted by atomic mass is 32.1. The first-order valence-electron chi connectivity index (χ1n) is 10.6. The van der Waals surface area contributed by atoms with Gasteiger partial charge >= 0.3 is 0 Å². The highest BCUT2D eigenvalue weighted by Gasteiger charge is 2.31. The Balaban J connectivity index is 1.32. The van der Waals surface area contributed by atoms with Crippen molar-refractivity contribution in [2.75, 3.05) is 31.1 Å². The van der Waals surface area contributed by atoms with Gasteiger partial charge in [-0.2, -0.15) is 0 Å². The fraction of sp³-hybridized carbons (Fsp3) is 0.667. The molecular weight excluding hydrogens is 370 g/mol. The summed E-state index contributed by atoms with van der Waals surface area (Å²) < 4.78 is 0. The van der Waals surface area contributed by atoms with Crippen LogP contribution in [0.2, 0.25) is 0 Å². The Morgan fingerprint density at radius 2 is 2.00 bits per heavy atom. The topological polar surface area (TPSA) is 61.4 Å². The van der Waals surface area contributed by atoms with Crippen LogP contribution in [0.1, 0.15) is 43.6 Å². The lowest BCUT2D eigenvalue weighted by Gasteiger charge is -2.38. The van der Waals surface area contributed by atoms with Gasteiger partial charge in [0.2, 0.25) is 5.91 Å². The van der Waals surface area contributed by atoms with E-state index in [1.54, 1.807) is 6.33 Å². The molecule has 0 radical (unpaired) electrons. The molecule has 3 heterocycles. The monoisotopic (exact) mass is 399 g/mol. The second-order valence-corrected chi connectivity index (χ2v) is 9.79. The number of anilines is 1. The number of thiophene rings is 1. The first-order valence-corrected chi connectivity index (χ1v) is 11.5. The SMILES string of the molecule is C[C@@H]1CCc2c(sc3ncnc(N4CCN([C@H](C)C(=O)NC5CC5)CC4)c23)C1. The van der Waals surface area contributed by atoms with Crippen LogP contribution in [0.3, 0.4) is 0 Å². The average Bonchev–Trinajstić information content (AvgIpc) is 3.44. The van der Waals surface area contributed by atoms with Crippen LogP contribution in [0.4, 0.5) is 5.82 Å². The molecule has 5 rings (SSSR count). The fourth-order valence-electron chi connectivity index (χ4n) is 4.53. The van der Waals surface area contributed by atoms with Crippen molar-refractivity contribution in [2.24, 2.45) is 5.92 Å². The lowest BCUT2D eigenvalue weighted by molar-refractivity contribution is -0.126. The molecule has 0 aromatic carbocycles. The summed E-state index contributed by atoms with van der Waals surface area (Å²) >= 11 is 1.86. The van der Waals surface area contributed by atoms with Crippen LogP contribution in [0.15, 0.2) is 6.33 Å². The highest BCUT2D eigenvalue weighted by molar-refractivity contribution is 7.19. The zero-order valence-corrected chi connectivity index (χ0v) is 17.6. The standard InChI is InChI=1S/C21H29N5OS/c1-13-3-6-16-17(11-13)28-21-18(16)19(22-12-23-21)26-9-7-25(8-10-26)14(2)20(27)24-15-4-5-15/h12-15H,3-11H2,1-2H3,(H,24,27)/t13-,14-/m1/s1. The van der Waals surface area contributed by atoms with Crippen LogP contribution < -0.4 is 10.2 Å². The molecule has 1 N–H and O–H groups in total. The van der Waals surface area contributed by atoms with E-state index in [-0.39, 0.29) is 11.9 Å². The average molecular weight is 400 g/mol. The molecule has 1 aliphatic heterocycles. The number of aryl methyl sites for hydroxylation is 1. The molecular formula is C21H29N5OS. The van der Waals surface area contributed by atoms with Gasteiger partial charge < -0.3 is 10.2 Å². The van der Waals surface area contributed by atoms with Crippen molar-refractivity contribution in [3.8, 4) is 0 Å². The van der Waals surface area contributed by atoms with E-state index in [9.17, 15) is 4.79 Å². The molecule has 2 aliphatic carbocycles. The Bertz CT molecular complexity index is 884. The van der Waals surface area contributed by atoms with Crippen LogP contribution in [0.5, 0.6) is 0 Å². The molecule has 1 saturated heterocycles. The van der Waals surface area contributed by atoms with Gasteiger partial charge in [-0.25, -0.2) is 9.97 Å². The predicted molar refractivity (Wildman–Crippen MR) is 113 cm³/mol. The van der Waals surface area contributed by atoms with Gasteiger partial charge in [0.1, 0.15) is 17.0 Å². The van der Waals surface area contributed by atoms with Crippen LogP contribution in [-0.2, 0) is 17.6 Å². The van der Waals surface area contributed by atoms with Gasteiger partial charge in [0.05, 0.1) is 11.4 Å². The maximum atomic E-state index is 12.4. The van der Waals surface area contributed by atoms with Crippen LogP contribution in [-0.4, -0.2) is 59.0 Å². The third-order valence-corrected chi connectivity index (χ3v) is 7.70. The summed E-state index contributed by atoms with van der Waals surface area (Å²) in [5.41, 5.74) is 1.49. The molecule has 2 atom stereocenters. The smallest absolute Gasteiger partial charge is 0.237 e. The number of nitrogens with one attached hydrogen (secondary N) is 1. The molecule has 1 amide bonds. The zero-order valence-electron chi connectivity index (χ0n) is 16.8. The normalized spacial score (nSPS) is 24.2. The molecule has 0 bridgehead atoms. The number of carbonyl (C=O) groups excluding carboxylic acids is 1. The minimum absolute atomic E-state index is 0.0523. The molecule has 28 heavy (non-hydrogen) atoms. The minimum atomic E-state index is -0.0523. The lowest BCUT2D eigenvalue weighted by atomic mass is 9.89. The van der Waals surface area contributed by atoms with E-state index in [1.807, 2.05) is 18.3 Å². The molecule has 3 aliphatic rings. The second-order valence-electron chi connectivity index (χ2n) is 8.71. The fourth-order valence-corrected chi connectivity index (χ4v) is 5.88. The number of hydrogen-bond donors (Lipinski definition) is 1. The van der Waals surface area contributed by atoms with Gasteiger partial charge in [-0.3, -0.25) is 9.69 Å². The number of rotatable bonds is 4. The van der Waals surface area contributed by atoms with E-state index >= 15 is 0 Å². The second kappa shape index (κ2) is 7.26. The first-order chi connectivity index (χ1) is 13.6. The van der Waals surface area contributed by atoms with Crippen molar-refractivity contribution in [2.45, 2.75) is 58.0 Å². The number of fused-ring (bicyclic) bond motifs is 3. The Labute approximate surface area is 170 Å². The van der Waals surface area contributed by atoms with Gasteiger partial charge in [-0.15, -0.1) is 11.3 Å². The van der Waals surface area contributed by atoms with Crippen molar-refractivity contribution in [3.05, 3.63) is 16.8 Å². The molecule has 150 valence electrons. The van der Waals surface area contributed by atoms with Gasteiger partial charge in [0.15, 0.2) is 0 Å². The summed E-state index contributed by atoms with van der Waals surface area (Å²) in [4.78, 5) is 29.0. The summed E-state index contributed by atoms with van der Waals surface area (Å²) in [6, 6.07) is 0.376. The number of aromatic nitrogens is 2. The van der Waals surface area contributed by atoms with Crippen LogP contribution >= 0.6 is 11.3 Å². The minimum Gasteiger partial charge on any atom is -0.353 e. The number of hydrogen-bond acceptors (Lipinski definition) is 6. The summed E-state index contributed by atoms with van der Waals surface area (Å²) in [6.45, 7) is 8.00. The Hall–Kier alpha value is -1.73. The van der Waals surface area contributed by atoms with E-state index in [0.29, 0.717) is 6.04 Å². The van der Waals surface area contributed by atoms with E-state index in [2.05, 4.69) is 27.0 Å². The quantitative estimate of drug-likeness (QED) is 0.856. The van der Waals surface area contributed by atoms with E-state index < -0.39 is 0 Å². The number of piperazine rings is 1. The third-order valence-electron chi connectivity index (χ3n) is 6.54. The van der Waals surface area contributed by atoms with Crippen molar-refractivity contribution in [3.63, 3.8) is 0 Å². The number of nitrogens with zero attached hydrogens (tertiary/aromatic N) is 4. The number of amides is 1. The molecule has 7 heteroatoms. The van der Waals surface area contributed by atoms with Gasteiger partial charge in [0.25, 0.3) is 0 Å². The highest BCUT2D eigenvalue weighted by Crippen LogP contribution is 2.40. The lowest BCUT2D eigenvalue weighted by Crippen LogP contribution is -2.54. The van der Waals surface area contributed by atoms with Crippen molar-refractivity contribution >= 4 is 33.3 Å². The zero-order chi connectivity index (χ0) is 19.3. The molecule has 0 unspecified atom stereocenters. The largest absolute Gasteiger partial charge is 0.353 e. The third kappa shape index (κ3) is 3.39. The van der Waals surface area contributed by atoms with Crippen LogP contribution in [0, 0.1) is 5.92 Å². The van der Waals surface area contributed by atoms with E-state index in [4.69, 9.17) is 4.98 Å². The molecule has 2 aromatic rings. The summed E-state index contributed by atoms with van der Waals surface area (Å²) in [5.74, 6) is 2.05. The van der Waals surface area contributed by atoms with Gasteiger partial charge in [-0.05, 0) is 50.5 Å². The maximum Gasteiger partial charge on any atom is 0.237 e. The van der Waals surface area contributed by atoms with Gasteiger partial charge in [0, 0.05) is 37.1 Å². The molecule has 6 nitrogen and oxygen atoms in total. The Morgan fingerprint density at radius 3 is 2.75 bits per heavy atom. The summed E-state index contributed by atoms with van der Waals surface area (Å²) in [6.07, 6.45) is 7.58. The van der Waals surface area contributed by atoms with Gasteiger partial charge in [-0.1, -0.05) is 6.92 Å². The van der Waals surface area contributed by atoms with Crippen molar-refractivity contribution in [1.29, 1.82) is 0 Å². The van der Waals surface area contributed by atoms with Crippen molar-refractivity contribution < 1.29 is 4.79 Å². The molecule has 2 fully saturated rings. The Morgan fingerprint density at radius 1 is 1.21 bits per heavy atom. The Kier molecular flexibility index (Phi) is 4.75. The first kappa shape index (κ1) is 18.3. The van der Waals surface area contributed by atoms with E-state index in [1.165, 1.54) is 28.7 Å².